The topological polar surface area (TPSA) is 48.1 Å². The molecule has 0 amide bonds. The normalized spacial score (nSPS) is 25.0. The smallest absolute Gasteiger partial charge is 0.110 e. The van der Waals surface area contributed by atoms with Crippen LogP contribution in [0.2, 0.25) is 0 Å². The van der Waals surface area contributed by atoms with Crippen LogP contribution in [0, 0.1) is 23.7 Å². The molecule has 29 heavy (non-hydrogen) atoms. The van der Waals surface area contributed by atoms with E-state index in [1.165, 1.54) is 6.42 Å². The molecule has 0 radical (unpaired) electrons. The molecule has 4 atom stereocenters. The summed E-state index contributed by atoms with van der Waals surface area (Å²) in [6.07, 6.45) is 0.211. The first kappa shape index (κ1) is 22.3. The molecule has 1 saturated carbocycles. The van der Waals surface area contributed by atoms with Crippen LogP contribution in [-0.4, -0.2) is 5.66 Å². The Bertz CT molecular complexity index is 752. The maximum Gasteiger partial charge on any atom is 0.110 e. The molecule has 158 valence electrons. The number of benzene rings is 2. The van der Waals surface area contributed by atoms with Gasteiger partial charge >= 0.3 is 0 Å². The summed E-state index contributed by atoms with van der Waals surface area (Å²) in [5.41, 5.74) is 9.24. The summed E-state index contributed by atoms with van der Waals surface area (Å²) in [4.78, 5) is 0. The highest BCUT2D eigenvalue weighted by molar-refractivity contribution is 8.13. The van der Waals surface area contributed by atoms with Gasteiger partial charge in [-0.3, -0.25) is 0 Å². The van der Waals surface area contributed by atoms with E-state index in [9.17, 15) is 0 Å². The van der Waals surface area contributed by atoms with E-state index in [1.54, 1.807) is 0 Å². The van der Waals surface area contributed by atoms with Gasteiger partial charge in [-0.25, -0.2) is 0 Å². The fourth-order valence-corrected chi connectivity index (χ4v) is 8.14. The third kappa shape index (κ3) is 5.82. The molecular formula is C23H35N4PS. The fraction of sp³-hybridized carbons (Fsp3) is 0.478. The Balaban J connectivity index is 1.81. The molecule has 0 saturated heterocycles. The second kappa shape index (κ2) is 10.1. The van der Waals surface area contributed by atoms with Crippen LogP contribution in [0.25, 0.3) is 0 Å². The minimum atomic E-state index is -2.17. The van der Waals surface area contributed by atoms with Gasteiger partial charge in [-0.05, 0) is 60.8 Å². The molecule has 3 rings (SSSR count). The van der Waals surface area contributed by atoms with Gasteiger partial charge in [0.1, 0.15) is 6.34 Å². The number of hydrogen-bond acceptors (Lipinski definition) is 3. The molecule has 6 heteroatoms. The van der Waals surface area contributed by atoms with Crippen molar-refractivity contribution in [3.05, 3.63) is 60.7 Å². The molecular weight excluding hydrogens is 395 g/mol. The molecule has 0 spiro atoms. The maximum atomic E-state index is 6.34. The summed E-state index contributed by atoms with van der Waals surface area (Å²) in [6, 6.07) is 20.4. The van der Waals surface area contributed by atoms with Gasteiger partial charge in [-0.1, -0.05) is 75.9 Å². The van der Waals surface area contributed by atoms with E-state index >= 15 is 0 Å². The van der Waals surface area contributed by atoms with Gasteiger partial charge in [-0.2, -0.15) is 10.4 Å². The molecule has 0 heterocycles. The minimum absolute atomic E-state index is 0.411. The second-order valence-electron chi connectivity index (χ2n) is 8.76. The molecule has 2 aromatic carbocycles. The quantitative estimate of drug-likeness (QED) is 0.295. The summed E-state index contributed by atoms with van der Waals surface area (Å²) in [7, 11) is 0. The van der Waals surface area contributed by atoms with Crippen LogP contribution in [0.5, 0.6) is 0 Å². The third-order valence-corrected chi connectivity index (χ3v) is 10.2. The predicted octanol–water partition coefficient (Wildman–Crippen LogP) is 6.24. The van der Waals surface area contributed by atoms with E-state index < -0.39 is 6.34 Å². The molecule has 1 aliphatic rings. The number of rotatable bonds is 8. The summed E-state index contributed by atoms with van der Waals surface area (Å²) in [6.45, 7) is 9.48. The van der Waals surface area contributed by atoms with Crippen LogP contribution < -0.4 is 21.2 Å². The van der Waals surface area contributed by atoms with Crippen molar-refractivity contribution in [2.45, 2.75) is 46.2 Å². The molecule has 4 nitrogen and oxygen atoms in total. The maximum absolute atomic E-state index is 6.34. The van der Waals surface area contributed by atoms with Gasteiger partial charge in [0.05, 0.1) is 0 Å². The van der Waals surface area contributed by atoms with Crippen LogP contribution in [0.15, 0.2) is 60.7 Å². The Morgan fingerprint density at radius 3 is 1.72 bits per heavy atom. The van der Waals surface area contributed by atoms with E-state index in [0.717, 1.165) is 23.7 Å². The van der Waals surface area contributed by atoms with E-state index in [2.05, 4.69) is 73.2 Å². The summed E-state index contributed by atoms with van der Waals surface area (Å²) >= 11 is 6.34. The zero-order valence-corrected chi connectivity index (χ0v) is 19.6. The van der Waals surface area contributed by atoms with Crippen LogP contribution in [0.3, 0.4) is 0 Å². The Hall–Kier alpha value is -1.39. The first-order valence-electron chi connectivity index (χ1n) is 10.7. The van der Waals surface area contributed by atoms with E-state index in [0.29, 0.717) is 23.4 Å². The Morgan fingerprint density at radius 2 is 1.28 bits per heavy atom. The van der Waals surface area contributed by atoms with Gasteiger partial charge in [0.25, 0.3) is 0 Å². The zero-order chi connectivity index (χ0) is 20.9. The number of hydrogen-bond donors (Lipinski definition) is 4. The van der Waals surface area contributed by atoms with Gasteiger partial charge in [0.15, 0.2) is 0 Å². The van der Waals surface area contributed by atoms with Crippen molar-refractivity contribution in [3.63, 3.8) is 0 Å². The number of anilines is 2. The van der Waals surface area contributed by atoms with Gasteiger partial charge < -0.3 is 10.9 Å². The zero-order valence-electron chi connectivity index (χ0n) is 17.9. The first-order chi connectivity index (χ1) is 13.9. The average Bonchev–Trinajstić information content (AvgIpc) is 2.72. The molecule has 0 unspecified atom stereocenters. The van der Waals surface area contributed by atoms with Crippen molar-refractivity contribution in [3.8, 4) is 0 Å². The molecule has 0 aliphatic heterocycles. The summed E-state index contributed by atoms with van der Waals surface area (Å²) in [5.74, 6) is 2.69. The Kier molecular flexibility index (Phi) is 7.75. The first-order valence-corrected chi connectivity index (χ1v) is 13.5. The minimum Gasteiger partial charge on any atom is -0.316 e. The number of nitrogens with one attached hydrogen (secondary N) is 4. The lowest BCUT2D eigenvalue weighted by Gasteiger charge is -2.45. The number of para-hydroxylation sites is 2. The van der Waals surface area contributed by atoms with Gasteiger partial charge in [-0.15, -0.1) is 0 Å². The summed E-state index contributed by atoms with van der Waals surface area (Å²) in [5, 5.41) is 7.12. The fourth-order valence-electron chi connectivity index (χ4n) is 4.63. The van der Waals surface area contributed by atoms with Crippen molar-refractivity contribution in [1.82, 2.24) is 10.4 Å². The van der Waals surface area contributed by atoms with E-state index in [-0.39, 0.29) is 0 Å². The van der Waals surface area contributed by atoms with Crippen molar-refractivity contribution >= 4 is 29.5 Å². The van der Waals surface area contributed by atoms with Crippen LogP contribution in [-0.2, 0) is 11.8 Å². The molecule has 1 fully saturated rings. The van der Waals surface area contributed by atoms with Crippen molar-refractivity contribution in [2.24, 2.45) is 23.7 Å². The van der Waals surface area contributed by atoms with Gasteiger partial charge in [0, 0.05) is 17.0 Å². The van der Waals surface area contributed by atoms with Crippen molar-refractivity contribution in [2.75, 3.05) is 10.9 Å². The monoisotopic (exact) mass is 430 g/mol. The Labute approximate surface area is 181 Å². The Morgan fingerprint density at radius 1 is 0.793 bits per heavy atom. The molecule has 1 aliphatic carbocycles. The lowest BCUT2D eigenvalue weighted by Crippen LogP contribution is -2.43. The highest BCUT2D eigenvalue weighted by Gasteiger charge is 2.41. The van der Waals surface area contributed by atoms with Crippen LogP contribution >= 0.6 is 6.34 Å². The van der Waals surface area contributed by atoms with E-state index in [4.69, 9.17) is 11.8 Å². The third-order valence-electron chi connectivity index (χ3n) is 6.25. The summed E-state index contributed by atoms with van der Waals surface area (Å²) < 4.78 is 0. The largest absolute Gasteiger partial charge is 0.316 e. The van der Waals surface area contributed by atoms with E-state index in [1.807, 2.05) is 36.4 Å². The van der Waals surface area contributed by atoms with Crippen LogP contribution in [0.4, 0.5) is 11.4 Å². The molecule has 2 aromatic rings. The highest BCUT2D eigenvalue weighted by atomic mass is 32.4. The lowest BCUT2D eigenvalue weighted by molar-refractivity contribution is 0.161. The van der Waals surface area contributed by atoms with Gasteiger partial charge in [0.2, 0.25) is 0 Å². The molecule has 0 aromatic heterocycles. The predicted molar refractivity (Wildman–Crippen MR) is 130 cm³/mol. The SMILES string of the molecule is CC(C)[C@H]1C[C@@H](P(=S)(NNc2ccccc2)NNc2ccccc2)[C@H](C)C[C@@H]1C. The van der Waals surface area contributed by atoms with Crippen LogP contribution in [0.1, 0.15) is 40.5 Å². The molecule has 4 N–H and O–H groups in total. The number of hydrazine groups is 2. The average molecular weight is 431 g/mol. The highest BCUT2D eigenvalue weighted by Crippen LogP contribution is 2.54. The van der Waals surface area contributed by atoms with Crippen molar-refractivity contribution in [1.29, 1.82) is 0 Å². The second-order valence-corrected chi connectivity index (χ2v) is 12.9. The lowest BCUT2D eigenvalue weighted by atomic mass is 9.71. The standard InChI is InChI=1S/C23H35N4PS/c1-17(2)22-16-23(19(4)15-18(22)3)28(29,26-24-20-11-7-5-8-12-20)27-25-21-13-9-6-10-14-21/h5-14,17-19,22-25H,15-16H2,1-4H3,(H2,26,27,29)/t18-,19+,22+,23+/m0/s1. The van der Waals surface area contributed by atoms with Crippen molar-refractivity contribution < 1.29 is 0 Å². The molecule has 0 bridgehead atoms.